The van der Waals surface area contributed by atoms with Crippen molar-refractivity contribution >= 4 is 29.5 Å². The molecule has 4 heterocycles. The number of esters is 3. The van der Waals surface area contributed by atoms with Gasteiger partial charge < -0.3 is 34.3 Å². The van der Waals surface area contributed by atoms with Crippen LogP contribution in [-0.2, 0) is 33.3 Å². The Labute approximate surface area is 181 Å². The van der Waals surface area contributed by atoms with E-state index >= 15 is 0 Å². The van der Waals surface area contributed by atoms with Crippen LogP contribution < -0.4 is 0 Å². The molecule has 4 saturated heterocycles. The molecule has 12 atom stereocenters. The summed E-state index contributed by atoms with van der Waals surface area (Å²) in [6, 6.07) is 0. The lowest BCUT2D eigenvalue weighted by Gasteiger charge is -2.47. The van der Waals surface area contributed by atoms with Crippen LogP contribution in [0.2, 0.25) is 0 Å². The molecule has 12 unspecified atom stereocenters. The molecule has 4 aliphatic heterocycles. The van der Waals surface area contributed by atoms with Gasteiger partial charge in [0.2, 0.25) is 11.9 Å². The molecule has 6 fully saturated rings. The minimum atomic E-state index is -2.32. The van der Waals surface area contributed by atoms with Gasteiger partial charge in [0, 0.05) is 0 Å². The fourth-order valence-corrected chi connectivity index (χ4v) is 9.03. The third-order valence-corrected chi connectivity index (χ3v) is 9.39. The average Bonchev–Trinajstić information content (AvgIpc) is 3.35. The van der Waals surface area contributed by atoms with E-state index in [1.165, 1.54) is 6.92 Å². The molecule has 0 bridgehead atoms. The van der Waals surface area contributed by atoms with Crippen molar-refractivity contribution in [1.29, 1.82) is 0 Å². The second-order valence-corrected chi connectivity index (χ2v) is 11.2. The Kier molecular flexibility index (Phi) is 3.28. The van der Waals surface area contributed by atoms with Crippen molar-refractivity contribution in [2.45, 2.75) is 75.0 Å². The first-order valence-electron chi connectivity index (χ1n) is 10.3. The fourth-order valence-electron chi connectivity index (χ4n) is 8.19. The molecule has 0 aromatic carbocycles. The highest BCUT2D eigenvalue weighted by molar-refractivity contribution is 6.22. The first kappa shape index (κ1) is 20.2. The summed E-state index contributed by atoms with van der Waals surface area (Å²) < 4.78 is 22.5. The number of aliphatic hydroxyl groups is 3. The molecule has 0 aromatic heterocycles. The molecule has 170 valence electrons. The van der Waals surface area contributed by atoms with Crippen LogP contribution in [0.15, 0.2) is 0 Å². The quantitative estimate of drug-likeness (QED) is 0.231. The summed E-state index contributed by atoms with van der Waals surface area (Å²) in [5.41, 5.74) is -8.92. The predicted molar refractivity (Wildman–Crippen MR) is 97.0 cm³/mol. The lowest BCUT2D eigenvalue weighted by Crippen LogP contribution is -2.67. The molecular formula is C20H23ClO10. The van der Waals surface area contributed by atoms with Gasteiger partial charge in [-0.25, -0.2) is 9.59 Å². The Balaban J connectivity index is 1.75. The largest absolute Gasteiger partial charge is 0.458 e. The van der Waals surface area contributed by atoms with Gasteiger partial charge in [-0.15, -0.1) is 11.6 Å². The van der Waals surface area contributed by atoms with E-state index in [0.717, 1.165) is 0 Å². The van der Waals surface area contributed by atoms with E-state index in [2.05, 4.69) is 0 Å². The third kappa shape index (κ3) is 1.48. The van der Waals surface area contributed by atoms with E-state index in [-0.39, 0.29) is 0 Å². The van der Waals surface area contributed by atoms with Gasteiger partial charge in [-0.2, -0.15) is 0 Å². The number of hydrogen-bond acceptors (Lipinski definition) is 10. The Bertz CT molecular complexity index is 962. The Hall–Kier alpha value is -1.46. The summed E-state index contributed by atoms with van der Waals surface area (Å²) in [4.78, 5) is 38.4. The van der Waals surface area contributed by atoms with Crippen LogP contribution in [0.5, 0.6) is 0 Å². The molecule has 3 N–H and O–H groups in total. The van der Waals surface area contributed by atoms with Crippen molar-refractivity contribution in [3.8, 4) is 0 Å². The smallest absolute Gasteiger partial charge is 0.343 e. The Morgan fingerprint density at radius 2 is 1.65 bits per heavy atom. The number of aliphatic hydroxyl groups excluding tert-OH is 2. The highest BCUT2D eigenvalue weighted by Gasteiger charge is 3.05. The van der Waals surface area contributed by atoms with Crippen LogP contribution in [0, 0.1) is 28.1 Å². The summed E-state index contributed by atoms with van der Waals surface area (Å²) in [6.45, 7) is 6.89. The fraction of sp³-hybridized carbons (Fsp3) is 0.850. The molecule has 10 nitrogen and oxygen atoms in total. The second kappa shape index (κ2) is 5.04. The average molecular weight is 459 g/mol. The molecule has 11 heteroatoms. The minimum absolute atomic E-state index is 0.674. The van der Waals surface area contributed by atoms with E-state index in [9.17, 15) is 29.7 Å². The standard InChI is InChI=1S/C20H23ClO10/c1-5-12(24)28-11-8(22)18-10-6(21)7(16(2,3)4)17(18)9(23)13(25)30-15(17)31-20(18,14(26)29-10)19(5,11)27/h5-11,15,22-23,27H,1-4H3. The van der Waals surface area contributed by atoms with Gasteiger partial charge in [0.15, 0.2) is 17.8 Å². The third-order valence-electron chi connectivity index (χ3n) is 8.91. The first-order chi connectivity index (χ1) is 14.3. The van der Waals surface area contributed by atoms with Crippen LogP contribution >= 0.6 is 11.6 Å². The van der Waals surface area contributed by atoms with Crippen LogP contribution in [0.25, 0.3) is 0 Å². The van der Waals surface area contributed by atoms with Gasteiger partial charge >= 0.3 is 17.9 Å². The minimum Gasteiger partial charge on any atom is -0.458 e. The maximum Gasteiger partial charge on any atom is 0.343 e. The van der Waals surface area contributed by atoms with Gasteiger partial charge in [-0.05, 0) is 18.3 Å². The van der Waals surface area contributed by atoms with Gasteiger partial charge in [0.25, 0.3) is 0 Å². The Morgan fingerprint density at radius 3 is 2.26 bits per heavy atom. The van der Waals surface area contributed by atoms with Gasteiger partial charge in [0.05, 0.1) is 22.1 Å². The maximum absolute atomic E-state index is 13.4. The van der Waals surface area contributed by atoms with Crippen LogP contribution in [0.3, 0.4) is 0 Å². The molecule has 2 saturated carbocycles. The first-order valence-corrected chi connectivity index (χ1v) is 10.7. The maximum atomic E-state index is 13.4. The van der Waals surface area contributed by atoms with Crippen molar-refractivity contribution in [1.82, 2.24) is 0 Å². The van der Waals surface area contributed by atoms with Crippen molar-refractivity contribution in [3.05, 3.63) is 0 Å². The van der Waals surface area contributed by atoms with Gasteiger partial charge in [-0.3, -0.25) is 4.79 Å². The van der Waals surface area contributed by atoms with Crippen molar-refractivity contribution < 1.29 is 48.7 Å². The molecule has 6 rings (SSSR count). The molecule has 0 radical (unpaired) electrons. The number of carbonyl (C=O) groups is 3. The van der Waals surface area contributed by atoms with Crippen LogP contribution in [0.4, 0.5) is 0 Å². The van der Waals surface area contributed by atoms with Crippen LogP contribution in [-0.4, -0.2) is 80.5 Å². The lowest BCUT2D eigenvalue weighted by atomic mass is 9.51. The number of rotatable bonds is 0. The lowest BCUT2D eigenvalue weighted by molar-refractivity contribution is -0.239. The number of ether oxygens (including phenoxy) is 4. The van der Waals surface area contributed by atoms with E-state index in [0.29, 0.717) is 0 Å². The number of alkyl halides is 1. The SMILES string of the molecule is CC1C(=O)OC2C(O)C34C5OC(=O)C3(OC3OC(=O)C(O)C34C(C(C)(C)C)C5Cl)C12O. The highest BCUT2D eigenvalue weighted by atomic mass is 35.5. The van der Waals surface area contributed by atoms with Crippen LogP contribution in [0.1, 0.15) is 27.7 Å². The monoisotopic (exact) mass is 458 g/mol. The summed E-state index contributed by atoms with van der Waals surface area (Å²) >= 11 is 6.88. The zero-order valence-electron chi connectivity index (χ0n) is 17.2. The van der Waals surface area contributed by atoms with E-state index < -0.39 is 93.3 Å². The van der Waals surface area contributed by atoms with Crippen molar-refractivity contribution in [2.24, 2.45) is 28.1 Å². The van der Waals surface area contributed by atoms with E-state index in [4.69, 9.17) is 30.5 Å². The van der Waals surface area contributed by atoms with Crippen molar-refractivity contribution in [2.75, 3.05) is 0 Å². The summed E-state index contributed by atoms with van der Waals surface area (Å²) in [5, 5.41) is 33.9. The zero-order valence-corrected chi connectivity index (χ0v) is 18.0. The molecule has 0 aromatic rings. The number of hydrogen-bond donors (Lipinski definition) is 3. The zero-order chi connectivity index (χ0) is 22.7. The summed E-state index contributed by atoms with van der Waals surface area (Å²) in [6.07, 6.45) is -7.77. The second-order valence-electron chi connectivity index (χ2n) is 10.7. The van der Waals surface area contributed by atoms with Gasteiger partial charge in [-0.1, -0.05) is 20.8 Å². The predicted octanol–water partition coefficient (Wildman–Crippen LogP) is -1.15. The van der Waals surface area contributed by atoms with E-state index in [1.807, 2.05) is 20.8 Å². The number of halogens is 1. The molecular weight excluding hydrogens is 436 g/mol. The topological polar surface area (TPSA) is 149 Å². The van der Waals surface area contributed by atoms with E-state index in [1.54, 1.807) is 0 Å². The molecule has 6 aliphatic rings. The molecule has 31 heavy (non-hydrogen) atoms. The normalized spacial score (nSPS) is 61.0. The molecule has 2 aliphatic carbocycles. The van der Waals surface area contributed by atoms with Gasteiger partial charge in [0.1, 0.15) is 12.2 Å². The molecule has 2 spiro atoms. The molecule has 0 amide bonds. The highest BCUT2D eigenvalue weighted by Crippen LogP contribution is 2.85. The number of fused-ring (bicyclic) bond motifs is 1. The summed E-state index contributed by atoms with van der Waals surface area (Å²) in [7, 11) is 0. The number of carbonyl (C=O) groups excluding carboxylic acids is 3. The summed E-state index contributed by atoms with van der Waals surface area (Å²) in [5.74, 6) is -4.82. The van der Waals surface area contributed by atoms with Crippen molar-refractivity contribution in [3.63, 3.8) is 0 Å². The Morgan fingerprint density at radius 1 is 1.00 bits per heavy atom.